The maximum Gasteiger partial charge on any atom is 0.408 e. The quantitative estimate of drug-likeness (QED) is 0.770. The first kappa shape index (κ1) is 19.5. The van der Waals surface area contributed by atoms with E-state index in [0.29, 0.717) is 12.8 Å². The summed E-state index contributed by atoms with van der Waals surface area (Å²) in [7, 11) is 0. The highest BCUT2D eigenvalue weighted by atomic mass is 16.6. The standard InChI is InChI=1S/C18H30N2O5/c1-17(2,3)24-15(22)13-10-8-11-7-9-12(14(21)20(11)13)19-16(23)25-18(4,5)6/h11-13H,7-10H2,1-6H3,(H,19,23)/t11-,12+,13-/m1/s1. The van der Waals surface area contributed by atoms with Gasteiger partial charge in [0.25, 0.3) is 0 Å². The lowest BCUT2D eigenvalue weighted by Gasteiger charge is -2.38. The Balaban J connectivity index is 2.04. The Bertz CT molecular complexity index is 547. The Hall–Kier alpha value is -1.79. The van der Waals surface area contributed by atoms with E-state index in [2.05, 4.69) is 5.32 Å². The highest BCUT2D eigenvalue weighted by Crippen LogP contribution is 2.33. The zero-order valence-electron chi connectivity index (χ0n) is 16.0. The molecule has 2 rings (SSSR count). The third-order valence-electron chi connectivity index (χ3n) is 4.21. The number of hydrogen-bond donors (Lipinski definition) is 1. The van der Waals surface area contributed by atoms with Crippen LogP contribution < -0.4 is 5.32 Å². The fourth-order valence-corrected chi connectivity index (χ4v) is 3.35. The second-order valence-corrected chi connectivity index (χ2v) is 8.80. The monoisotopic (exact) mass is 354 g/mol. The van der Waals surface area contributed by atoms with Gasteiger partial charge in [-0.1, -0.05) is 0 Å². The first-order valence-electron chi connectivity index (χ1n) is 8.92. The van der Waals surface area contributed by atoms with Crippen molar-refractivity contribution in [3.8, 4) is 0 Å². The Labute approximate surface area is 149 Å². The van der Waals surface area contributed by atoms with Gasteiger partial charge in [0.15, 0.2) is 0 Å². The van der Waals surface area contributed by atoms with Crippen LogP contribution in [0.4, 0.5) is 4.79 Å². The topological polar surface area (TPSA) is 84.9 Å². The van der Waals surface area contributed by atoms with E-state index in [1.54, 1.807) is 25.7 Å². The molecule has 2 aliphatic heterocycles. The number of carbonyl (C=O) groups is 3. The number of nitrogens with zero attached hydrogens (tertiary/aromatic N) is 1. The third kappa shape index (κ3) is 5.09. The van der Waals surface area contributed by atoms with Crippen molar-refractivity contribution in [1.29, 1.82) is 0 Å². The summed E-state index contributed by atoms with van der Waals surface area (Å²) in [5.74, 6) is -0.600. The molecule has 0 aliphatic carbocycles. The minimum absolute atomic E-state index is 0.0432. The molecular weight excluding hydrogens is 324 g/mol. The van der Waals surface area contributed by atoms with E-state index in [1.165, 1.54) is 0 Å². The SMILES string of the molecule is CC(C)(C)OC(=O)N[C@H]1CC[C@@H]2CC[C@H](C(=O)OC(C)(C)C)N2C1=O. The van der Waals surface area contributed by atoms with Crippen LogP contribution in [-0.4, -0.2) is 52.2 Å². The molecule has 3 atom stereocenters. The van der Waals surface area contributed by atoms with E-state index < -0.39 is 29.4 Å². The van der Waals surface area contributed by atoms with Crippen molar-refractivity contribution in [2.24, 2.45) is 0 Å². The molecule has 0 aromatic carbocycles. The number of hydrogen-bond acceptors (Lipinski definition) is 5. The van der Waals surface area contributed by atoms with Gasteiger partial charge >= 0.3 is 12.1 Å². The van der Waals surface area contributed by atoms with Gasteiger partial charge in [0, 0.05) is 6.04 Å². The molecule has 1 N–H and O–H groups in total. The molecule has 2 fully saturated rings. The van der Waals surface area contributed by atoms with Crippen LogP contribution in [0.2, 0.25) is 0 Å². The number of amides is 2. The van der Waals surface area contributed by atoms with Gasteiger partial charge in [0.1, 0.15) is 23.3 Å². The van der Waals surface area contributed by atoms with Crippen LogP contribution in [0, 0.1) is 0 Å². The molecule has 7 heteroatoms. The number of ether oxygens (including phenoxy) is 2. The van der Waals surface area contributed by atoms with Gasteiger partial charge in [-0.2, -0.15) is 0 Å². The van der Waals surface area contributed by atoms with Crippen LogP contribution in [0.5, 0.6) is 0 Å². The minimum atomic E-state index is -0.658. The normalized spacial score (nSPS) is 26.9. The van der Waals surface area contributed by atoms with Crippen LogP contribution >= 0.6 is 0 Å². The summed E-state index contributed by atoms with van der Waals surface area (Å²) < 4.78 is 10.7. The summed E-state index contributed by atoms with van der Waals surface area (Å²) in [5.41, 5.74) is -1.22. The van der Waals surface area contributed by atoms with Crippen LogP contribution in [0.25, 0.3) is 0 Å². The van der Waals surface area contributed by atoms with E-state index in [1.807, 2.05) is 20.8 Å². The number of piperidine rings is 1. The molecule has 2 aliphatic rings. The summed E-state index contributed by atoms with van der Waals surface area (Å²) in [4.78, 5) is 38.9. The average molecular weight is 354 g/mol. The molecule has 0 aromatic heterocycles. The number of carbonyl (C=O) groups excluding carboxylic acids is 3. The van der Waals surface area contributed by atoms with E-state index in [4.69, 9.17) is 9.47 Å². The summed E-state index contributed by atoms with van der Waals surface area (Å²) in [6, 6.07) is -1.18. The van der Waals surface area contributed by atoms with E-state index in [9.17, 15) is 14.4 Å². The first-order chi connectivity index (χ1) is 11.4. The minimum Gasteiger partial charge on any atom is -0.458 e. The van der Waals surface area contributed by atoms with Crippen molar-refractivity contribution in [3.05, 3.63) is 0 Å². The van der Waals surface area contributed by atoms with E-state index in [0.717, 1.165) is 12.8 Å². The number of esters is 1. The molecular formula is C18H30N2O5. The second kappa shape index (κ2) is 6.84. The van der Waals surface area contributed by atoms with Gasteiger partial charge in [-0.15, -0.1) is 0 Å². The molecule has 0 radical (unpaired) electrons. The molecule has 2 saturated heterocycles. The predicted octanol–water partition coefficient (Wildman–Crippen LogP) is 2.37. The molecule has 7 nitrogen and oxygen atoms in total. The Morgan fingerprint density at radius 1 is 0.960 bits per heavy atom. The van der Waals surface area contributed by atoms with Crippen LogP contribution in [0.3, 0.4) is 0 Å². The van der Waals surface area contributed by atoms with Gasteiger partial charge < -0.3 is 19.7 Å². The van der Waals surface area contributed by atoms with Crippen LogP contribution in [0.15, 0.2) is 0 Å². The number of alkyl carbamates (subject to hydrolysis) is 1. The number of rotatable bonds is 2. The van der Waals surface area contributed by atoms with Gasteiger partial charge in [-0.05, 0) is 67.2 Å². The second-order valence-electron chi connectivity index (χ2n) is 8.80. The lowest BCUT2D eigenvalue weighted by atomic mass is 9.98. The van der Waals surface area contributed by atoms with E-state index in [-0.39, 0.29) is 17.9 Å². The van der Waals surface area contributed by atoms with Gasteiger partial charge in [0.2, 0.25) is 5.91 Å². The molecule has 25 heavy (non-hydrogen) atoms. The van der Waals surface area contributed by atoms with Crippen LogP contribution in [0.1, 0.15) is 67.2 Å². The van der Waals surface area contributed by atoms with Gasteiger partial charge in [-0.25, -0.2) is 9.59 Å². The van der Waals surface area contributed by atoms with Gasteiger partial charge in [-0.3, -0.25) is 4.79 Å². The summed E-state index contributed by atoms with van der Waals surface area (Å²) >= 11 is 0. The lowest BCUT2D eigenvalue weighted by molar-refractivity contribution is -0.165. The smallest absolute Gasteiger partial charge is 0.408 e. The molecule has 0 bridgehead atoms. The maximum atomic E-state index is 12.8. The molecule has 0 aromatic rings. The van der Waals surface area contributed by atoms with Crippen molar-refractivity contribution >= 4 is 18.0 Å². The Kier molecular flexibility index (Phi) is 5.35. The third-order valence-corrected chi connectivity index (χ3v) is 4.21. The van der Waals surface area contributed by atoms with Gasteiger partial charge in [0.05, 0.1) is 0 Å². The van der Waals surface area contributed by atoms with Crippen molar-refractivity contribution in [1.82, 2.24) is 10.2 Å². The number of fused-ring (bicyclic) bond motifs is 1. The molecule has 2 heterocycles. The molecule has 0 spiro atoms. The molecule has 142 valence electrons. The molecule has 0 saturated carbocycles. The Morgan fingerprint density at radius 2 is 1.52 bits per heavy atom. The predicted molar refractivity (Wildman–Crippen MR) is 91.9 cm³/mol. The summed E-state index contributed by atoms with van der Waals surface area (Å²) in [5, 5.41) is 2.64. The highest BCUT2D eigenvalue weighted by molar-refractivity contribution is 5.91. The highest BCUT2D eigenvalue weighted by Gasteiger charge is 2.47. The van der Waals surface area contributed by atoms with Crippen LogP contribution in [-0.2, 0) is 19.1 Å². The van der Waals surface area contributed by atoms with Crippen molar-refractivity contribution in [2.75, 3.05) is 0 Å². The Morgan fingerprint density at radius 3 is 2.08 bits per heavy atom. The first-order valence-corrected chi connectivity index (χ1v) is 8.92. The van der Waals surface area contributed by atoms with Crippen molar-refractivity contribution in [3.63, 3.8) is 0 Å². The van der Waals surface area contributed by atoms with Crippen molar-refractivity contribution in [2.45, 2.75) is 96.6 Å². The fourth-order valence-electron chi connectivity index (χ4n) is 3.35. The zero-order chi connectivity index (χ0) is 19.0. The van der Waals surface area contributed by atoms with E-state index >= 15 is 0 Å². The average Bonchev–Trinajstić information content (AvgIpc) is 2.82. The fraction of sp³-hybridized carbons (Fsp3) is 0.833. The molecule has 2 amide bonds. The molecule has 0 unspecified atom stereocenters. The summed E-state index contributed by atoms with van der Waals surface area (Å²) in [6.45, 7) is 10.7. The lowest BCUT2D eigenvalue weighted by Crippen LogP contribution is -2.58. The maximum absolute atomic E-state index is 12.8. The largest absolute Gasteiger partial charge is 0.458 e. The number of nitrogens with one attached hydrogen (secondary N) is 1. The van der Waals surface area contributed by atoms with Crippen molar-refractivity contribution < 1.29 is 23.9 Å². The summed E-state index contributed by atoms with van der Waals surface area (Å²) in [6.07, 6.45) is 2.09. The zero-order valence-corrected chi connectivity index (χ0v) is 16.0.